The van der Waals surface area contributed by atoms with Crippen molar-refractivity contribution in [2.45, 2.75) is 31.7 Å². The molecular formula is C14H20BrNS. The molecule has 0 fully saturated rings. The average Bonchev–Trinajstić information content (AvgIpc) is 2.27. The average molecular weight is 314 g/mol. The van der Waals surface area contributed by atoms with Crippen molar-refractivity contribution in [3.8, 4) is 0 Å². The first-order valence-electron chi connectivity index (χ1n) is 5.88. The number of benzene rings is 1. The first kappa shape index (κ1) is 14.8. The second-order valence-electron chi connectivity index (χ2n) is 4.17. The summed E-state index contributed by atoms with van der Waals surface area (Å²) < 4.78 is 1.13. The predicted molar refractivity (Wildman–Crippen MR) is 81.8 cm³/mol. The summed E-state index contributed by atoms with van der Waals surface area (Å²) in [5.41, 5.74) is 1.37. The third-order valence-corrected chi connectivity index (χ3v) is 3.90. The maximum Gasteiger partial charge on any atom is 0.0346 e. The molecule has 0 bridgehead atoms. The zero-order chi connectivity index (χ0) is 12.7. The van der Waals surface area contributed by atoms with Crippen LogP contribution in [0.5, 0.6) is 0 Å². The van der Waals surface area contributed by atoms with E-state index in [1.165, 1.54) is 10.5 Å². The van der Waals surface area contributed by atoms with E-state index in [-0.39, 0.29) is 0 Å². The summed E-state index contributed by atoms with van der Waals surface area (Å²) in [5, 5.41) is 3.49. The molecule has 1 atom stereocenters. The van der Waals surface area contributed by atoms with Crippen LogP contribution in [0, 0.1) is 0 Å². The Labute approximate surface area is 117 Å². The van der Waals surface area contributed by atoms with Gasteiger partial charge in [-0.3, -0.25) is 0 Å². The lowest BCUT2D eigenvalue weighted by Crippen LogP contribution is -2.29. The zero-order valence-corrected chi connectivity index (χ0v) is 13.1. The molecule has 1 nitrogen and oxygen atoms in total. The Balaban J connectivity index is 2.51. The van der Waals surface area contributed by atoms with E-state index in [0.29, 0.717) is 6.04 Å². The lowest BCUT2D eigenvalue weighted by atomic mass is 10.2. The molecule has 0 aliphatic heterocycles. The monoisotopic (exact) mass is 313 g/mol. The molecule has 1 aromatic rings. The van der Waals surface area contributed by atoms with Crippen molar-refractivity contribution in [1.29, 1.82) is 0 Å². The highest BCUT2D eigenvalue weighted by Crippen LogP contribution is 2.21. The van der Waals surface area contributed by atoms with Crippen LogP contribution in [-0.2, 0) is 0 Å². The van der Waals surface area contributed by atoms with Crippen LogP contribution >= 0.6 is 27.7 Å². The number of hydrogen-bond acceptors (Lipinski definition) is 2. The fraction of sp³-hybridized carbons (Fsp3) is 0.429. The van der Waals surface area contributed by atoms with E-state index in [0.717, 1.165) is 16.8 Å². The van der Waals surface area contributed by atoms with E-state index >= 15 is 0 Å². The topological polar surface area (TPSA) is 12.0 Å². The summed E-state index contributed by atoms with van der Waals surface area (Å²) in [6.07, 6.45) is 2.30. The van der Waals surface area contributed by atoms with Crippen molar-refractivity contribution in [3.63, 3.8) is 0 Å². The maximum atomic E-state index is 3.49. The Morgan fingerprint density at radius 3 is 2.53 bits per heavy atom. The Kier molecular flexibility index (Phi) is 6.93. The van der Waals surface area contributed by atoms with E-state index in [9.17, 15) is 0 Å². The van der Waals surface area contributed by atoms with Crippen LogP contribution in [0.4, 0.5) is 0 Å². The molecule has 0 aliphatic carbocycles. The highest BCUT2D eigenvalue weighted by atomic mass is 79.9. The lowest BCUT2D eigenvalue weighted by molar-refractivity contribution is 0.665. The highest BCUT2D eigenvalue weighted by molar-refractivity contribution is 9.10. The standard InChI is InChI=1S/C14H20BrNS/c1-4-16-13(9-11(2)3)10-17-14-7-5-12(15)6-8-14/h5-9,13,16H,4,10H2,1-3H3. The van der Waals surface area contributed by atoms with Crippen LogP contribution < -0.4 is 5.32 Å². The Hall–Kier alpha value is -0.250. The van der Waals surface area contributed by atoms with Gasteiger partial charge in [0, 0.05) is 21.2 Å². The number of likely N-dealkylation sites (N-methyl/N-ethyl adjacent to an activating group) is 1. The van der Waals surface area contributed by atoms with Crippen molar-refractivity contribution in [1.82, 2.24) is 5.32 Å². The SMILES string of the molecule is CCNC(C=C(C)C)CSc1ccc(Br)cc1. The maximum absolute atomic E-state index is 3.49. The summed E-state index contributed by atoms with van der Waals surface area (Å²) in [6.45, 7) is 7.45. The van der Waals surface area contributed by atoms with Gasteiger partial charge in [0.1, 0.15) is 0 Å². The summed E-state index contributed by atoms with van der Waals surface area (Å²) in [5.74, 6) is 1.07. The molecule has 1 rings (SSSR count). The third-order valence-electron chi connectivity index (χ3n) is 2.24. The number of nitrogens with one attached hydrogen (secondary N) is 1. The van der Waals surface area contributed by atoms with Gasteiger partial charge in [-0.15, -0.1) is 11.8 Å². The largest absolute Gasteiger partial charge is 0.310 e. The van der Waals surface area contributed by atoms with Gasteiger partial charge in [0.25, 0.3) is 0 Å². The van der Waals surface area contributed by atoms with Crippen molar-refractivity contribution in [2.75, 3.05) is 12.3 Å². The second-order valence-corrected chi connectivity index (χ2v) is 6.18. The summed E-state index contributed by atoms with van der Waals surface area (Å²) in [6, 6.07) is 8.94. The van der Waals surface area contributed by atoms with E-state index in [1.807, 2.05) is 11.8 Å². The van der Waals surface area contributed by atoms with Gasteiger partial charge in [0.05, 0.1) is 0 Å². The van der Waals surface area contributed by atoms with Crippen molar-refractivity contribution in [2.24, 2.45) is 0 Å². The van der Waals surface area contributed by atoms with E-state index < -0.39 is 0 Å². The number of thioether (sulfide) groups is 1. The lowest BCUT2D eigenvalue weighted by Gasteiger charge is -2.14. The fourth-order valence-electron chi connectivity index (χ4n) is 1.55. The Morgan fingerprint density at radius 1 is 1.35 bits per heavy atom. The van der Waals surface area contributed by atoms with Crippen LogP contribution in [-0.4, -0.2) is 18.3 Å². The van der Waals surface area contributed by atoms with Crippen LogP contribution in [0.15, 0.2) is 45.3 Å². The minimum atomic E-state index is 0.457. The molecule has 1 aromatic carbocycles. The van der Waals surface area contributed by atoms with Gasteiger partial charge < -0.3 is 5.32 Å². The minimum Gasteiger partial charge on any atom is -0.310 e. The first-order valence-corrected chi connectivity index (χ1v) is 7.66. The number of halogens is 1. The molecule has 0 radical (unpaired) electrons. The molecule has 0 heterocycles. The van der Waals surface area contributed by atoms with Gasteiger partial charge in [0.15, 0.2) is 0 Å². The van der Waals surface area contributed by atoms with Crippen LogP contribution in [0.25, 0.3) is 0 Å². The van der Waals surface area contributed by atoms with E-state index in [1.54, 1.807) is 0 Å². The summed E-state index contributed by atoms with van der Waals surface area (Å²) in [7, 11) is 0. The Morgan fingerprint density at radius 2 is 2.00 bits per heavy atom. The van der Waals surface area contributed by atoms with Gasteiger partial charge in [0.2, 0.25) is 0 Å². The van der Waals surface area contributed by atoms with Gasteiger partial charge >= 0.3 is 0 Å². The van der Waals surface area contributed by atoms with Crippen LogP contribution in [0.1, 0.15) is 20.8 Å². The molecule has 3 heteroatoms. The molecule has 0 aromatic heterocycles. The first-order chi connectivity index (χ1) is 8.11. The zero-order valence-electron chi connectivity index (χ0n) is 10.7. The normalized spacial score (nSPS) is 12.2. The van der Waals surface area contributed by atoms with Gasteiger partial charge in [-0.25, -0.2) is 0 Å². The van der Waals surface area contributed by atoms with Crippen molar-refractivity contribution in [3.05, 3.63) is 40.4 Å². The number of hydrogen-bond donors (Lipinski definition) is 1. The van der Waals surface area contributed by atoms with Gasteiger partial charge in [-0.05, 0) is 44.7 Å². The van der Waals surface area contributed by atoms with Crippen LogP contribution in [0.2, 0.25) is 0 Å². The number of rotatable bonds is 6. The summed E-state index contributed by atoms with van der Waals surface area (Å²) >= 11 is 5.34. The molecule has 94 valence electrons. The highest BCUT2D eigenvalue weighted by Gasteiger charge is 2.04. The molecule has 0 aliphatic rings. The third kappa shape index (κ3) is 6.29. The Bertz CT molecular complexity index is 355. The fourth-order valence-corrected chi connectivity index (χ4v) is 2.73. The molecule has 0 saturated carbocycles. The van der Waals surface area contributed by atoms with E-state index in [4.69, 9.17) is 0 Å². The molecule has 17 heavy (non-hydrogen) atoms. The molecule has 1 N–H and O–H groups in total. The predicted octanol–water partition coefficient (Wildman–Crippen LogP) is 4.49. The second kappa shape index (κ2) is 7.96. The van der Waals surface area contributed by atoms with E-state index in [2.05, 4.69) is 72.4 Å². The quantitative estimate of drug-likeness (QED) is 0.613. The summed E-state index contributed by atoms with van der Waals surface area (Å²) in [4.78, 5) is 1.32. The minimum absolute atomic E-state index is 0.457. The molecule has 0 amide bonds. The van der Waals surface area contributed by atoms with Crippen molar-refractivity contribution < 1.29 is 0 Å². The van der Waals surface area contributed by atoms with Gasteiger partial charge in [-0.1, -0.05) is 34.5 Å². The van der Waals surface area contributed by atoms with Crippen molar-refractivity contribution >= 4 is 27.7 Å². The molecule has 1 unspecified atom stereocenters. The molecular weight excluding hydrogens is 294 g/mol. The smallest absolute Gasteiger partial charge is 0.0346 e. The van der Waals surface area contributed by atoms with Crippen LogP contribution in [0.3, 0.4) is 0 Å². The molecule has 0 spiro atoms. The van der Waals surface area contributed by atoms with Gasteiger partial charge in [-0.2, -0.15) is 0 Å². The number of allylic oxidation sites excluding steroid dienone is 1. The molecule has 0 saturated heterocycles.